The molecular formula is C11H20N2O3S. The van der Waals surface area contributed by atoms with E-state index in [1.807, 2.05) is 13.8 Å². The first-order valence-electron chi connectivity index (χ1n) is 5.67. The van der Waals surface area contributed by atoms with Crippen LogP contribution in [0.5, 0.6) is 0 Å². The Kier molecular flexibility index (Phi) is 4.35. The molecule has 5 nitrogen and oxygen atoms in total. The average Bonchev–Trinajstić information content (AvgIpc) is 2.74. The zero-order valence-electron chi connectivity index (χ0n) is 10.5. The third kappa shape index (κ3) is 3.55. The van der Waals surface area contributed by atoms with Gasteiger partial charge in [0.15, 0.2) is 0 Å². The van der Waals surface area contributed by atoms with Crippen LogP contribution in [0.15, 0.2) is 23.4 Å². The van der Waals surface area contributed by atoms with Gasteiger partial charge in [0.2, 0.25) is 10.0 Å². The molecule has 0 aliphatic carbocycles. The summed E-state index contributed by atoms with van der Waals surface area (Å²) < 4.78 is 27.9. The van der Waals surface area contributed by atoms with Crippen molar-refractivity contribution in [1.29, 1.82) is 0 Å². The van der Waals surface area contributed by atoms with Gasteiger partial charge >= 0.3 is 0 Å². The van der Waals surface area contributed by atoms with Gasteiger partial charge < -0.3 is 9.67 Å². The number of nitrogens with zero attached hydrogens (tertiary/aromatic N) is 1. The van der Waals surface area contributed by atoms with E-state index in [9.17, 15) is 13.5 Å². The molecule has 0 unspecified atom stereocenters. The van der Waals surface area contributed by atoms with Crippen molar-refractivity contribution in [3.05, 3.63) is 18.5 Å². The molecule has 0 atom stereocenters. The van der Waals surface area contributed by atoms with Crippen molar-refractivity contribution in [2.45, 2.75) is 37.2 Å². The molecule has 1 aromatic heterocycles. The van der Waals surface area contributed by atoms with Crippen LogP contribution in [-0.4, -0.2) is 30.2 Å². The van der Waals surface area contributed by atoms with Crippen molar-refractivity contribution in [3.8, 4) is 0 Å². The number of rotatable bonds is 6. The van der Waals surface area contributed by atoms with Crippen LogP contribution in [0.1, 0.15) is 26.7 Å². The van der Waals surface area contributed by atoms with Crippen LogP contribution in [0.3, 0.4) is 0 Å². The second-order valence-electron chi connectivity index (χ2n) is 4.27. The SMILES string of the molecule is CCC(O)(CC)CNS(=O)(=O)c1ccn(C)c1. The Morgan fingerprint density at radius 3 is 2.41 bits per heavy atom. The topological polar surface area (TPSA) is 71.3 Å². The van der Waals surface area contributed by atoms with Crippen LogP contribution < -0.4 is 4.72 Å². The summed E-state index contributed by atoms with van der Waals surface area (Å²) in [5, 5.41) is 10.0. The van der Waals surface area contributed by atoms with E-state index in [4.69, 9.17) is 0 Å². The van der Waals surface area contributed by atoms with E-state index >= 15 is 0 Å². The number of aryl methyl sites for hydroxylation is 1. The average molecular weight is 260 g/mol. The highest BCUT2D eigenvalue weighted by molar-refractivity contribution is 7.89. The summed E-state index contributed by atoms with van der Waals surface area (Å²) in [6, 6.07) is 1.53. The van der Waals surface area contributed by atoms with Crippen molar-refractivity contribution >= 4 is 10.0 Å². The Morgan fingerprint density at radius 1 is 1.41 bits per heavy atom. The van der Waals surface area contributed by atoms with Gasteiger partial charge in [-0.1, -0.05) is 13.8 Å². The number of sulfonamides is 1. The Morgan fingerprint density at radius 2 is 2.00 bits per heavy atom. The van der Waals surface area contributed by atoms with E-state index in [1.54, 1.807) is 17.8 Å². The maximum Gasteiger partial charge on any atom is 0.242 e. The molecule has 0 bridgehead atoms. The molecule has 17 heavy (non-hydrogen) atoms. The molecule has 0 aliphatic rings. The number of aliphatic hydroxyl groups is 1. The molecule has 0 saturated carbocycles. The number of hydrogen-bond donors (Lipinski definition) is 2. The van der Waals surface area contributed by atoms with Crippen LogP contribution in [0, 0.1) is 0 Å². The van der Waals surface area contributed by atoms with Crippen molar-refractivity contribution in [1.82, 2.24) is 9.29 Å². The highest BCUT2D eigenvalue weighted by Crippen LogP contribution is 2.15. The molecule has 2 N–H and O–H groups in total. The lowest BCUT2D eigenvalue weighted by Crippen LogP contribution is -2.41. The van der Waals surface area contributed by atoms with E-state index in [1.165, 1.54) is 12.3 Å². The summed E-state index contributed by atoms with van der Waals surface area (Å²) in [7, 11) is -1.77. The fourth-order valence-electron chi connectivity index (χ4n) is 1.45. The molecule has 0 saturated heterocycles. The van der Waals surface area contributed by atoms with Gasteiger partial charge in [-0.25, -0.2) is 13.1 Å². The lowest BCUT2D eigenvalue weighted by atomic mass is 9.98. The molecular weight excluding hydrogens is 240 g/mol. The lowest BCUT2D eigenvalue weighted by Gasteiger charge is -2.25. The summed E-state index contributed by atoms with van der Waals surface area (Å²) in [4.78, 5) is 0.217. The molecule has 0 spiro atoms. The van der Waals surface area contributed by atoms with Gasteiger partial charge in [-0.15, -0.1) is 0 Å². The second kappa shape index (κ2) is 5.20. The van der Waals surface area contributed by atoms with E-state index in [0.717, 1.165) is 0 Å². The van der Waals surface area contributed by atoms with E-state index in [2.05, 4.69) is 4.72 Å². The first-order valence-corrected chi connectivity index (χ1v) is 7.15. The number of aromatic nitrogens is 1. The Labute approximate surface area is 103 Å². The summed E-state index contributed by atoms with van der Waals surface area (Å²) in [6.07, 6.45) is 4.22. The lowest BCUT2D eigenvalue weighted by molar-refractivity contribution is 0.0377. The summed E-state index contributed by atoms with van der Waals surface area (Å²) in [5.74, 6) is 0. The largest absolute Gasteiger partial charge is 0.389 e. The molecule has 0 radical (unpaired) electrons. The zero-order chi connectivity index (χ0) is 13.1. The summed E-state index contributed by atoms with van der Waals surface area (Å²) in [6.45, 7) is 3.71. The van der Waals surface area contributed by atoms with Gasteiger partial charge in [0.1, 0.15) is 0 Å². The third-order valence-electron chi connectivity index (χ3n) is 3.02. The van der Waals surface area contributed by atoms with Crippen molar-refractivity contribution in [3.63, 3.8) is 0 Å². The molecule has 6 heteroatoms. The third-order valence-corrected chi connectivity index (χ3v) is 4.41. The van der Waals surface area contributed by atoms with Crippen molar-refractivity contribution in [2.24, 2.45) is 7.05 Å². The minimum absolute atomic E-state index is 0.0389. The Balaban J connectivity index is 2.75. The van der Waals surface area contributed by atoms with Crippen LogP contribution >= 0.6 is 0 Å². The van der Waals surface area contributed by atoms with Crippen LogP contribution in [0.2, 0.25) is 0 Å². The molecule has 0 aliphatic heterocycles. The Bertz CT molecular complexity index is 461. The maximum absolute atomic E-state index is 11.9. The standard InChI is InChI=1S/C11H20N2O3S/c1-4-11(14,5-2)9-12-17(15,16)10-6-7-13(3)8-10/h6-8,12,14H,4-5,9H2,1-3H3. The van der Waals surface area contributed by atoms with Crippen LogP contribution in [0.4, 0.5) is 0 Å². The van der Waals surface area contributed by atoms with Gasteiger partial charge in [-0.3, -0.25) is 0 Å². The highest BCUT2D eigenvalue weighted by atomic mass is 32.2. The first kappa shape index (κ1) is 14.2. The van der Waals surface area contributed by atoms with Gasteiger partial charge in [-0.05, 0) is 18.9 Å². The second-order valence-corrected chi connectivity index (χ2v) is 6.04. The van der Waals surface area contributed by atoms with Gasteiger partial charge in [0.05, 0.1) is 10.5 Å². The molecule has 0 fully saturated rings. The smallest absolute Gasteiger partial charge is 0.242 e. The summed E-state index contributed by atoms with van der Waals surface area (Å²) >= 11 is 0. The van der Waals surface area contributed by atoms with E-state index in [0.29, 0.717) is 12.8 Å². The predicted molar refractivity (Wildman–Crippen MR) is 66.1 cm³/mol. The fraction of sp³-hybridized carbons (Fsp3) is 0.636. The predicted octanol–water partition coefficient (Wildman–Crippen LogP) is 0.855. The summed E-state index contributed by atoms with van der Waals surface area (Å²) in [5.41, 5.74) is -0.970. The quantitative estimate of drug-likeness (QED) is 0.796. The van der Waals surface area contributed by atoms with Crippen molar-refractivity contribution in [2.75, 3.05) is 6.54 Å². The number of hydrogen-bond acceptors (Lipinski definition) is 3. The van der Waals surface area contributed by atoms with Gasteiger partial charge in [-0.2, -0.15) is 0 Å². The van der Waals surface area contributed by atoms with E-state index in [-0.39, 0.29) is 11.4 Å². The molecule has 98 valence electrons. The minimum Gasteiger partial charge on any atom is -0.389 e. The molecule has 1 aromatic rings. The first-order chi connectivity index (χ1) is 7.83. The minimum atomic E-state index is -3.52. The van der Waals surface area contributed by atoms with Gasteiger partial charge in [0.25, 0.3) is 0 Å². The van der Waals surface area contributed by atoms with Crippen LogP contribution in [-0.2, 0) is 17.1 Å². The maximum atomic E-state index is 11.9. The van der Waals surface area contributed by atoms with E-state index < -0.39 is 15.6 Å². The fourth-order valence-corrected chi connectivity index (χ4v) is 2.62. The van der Waals surface area contributed by atoms with Gasteiger partial charge in [0, 0.05) is 26.0 Å². The molecule has 1 rings (SSSR count). The normalized spacial score (nSPS) is 12.9. The monoisotopic (exact) mass is 260 g/mol. The molecule has 1 heterocycles. The van der Waals surface area contributed by atoms with Crippen LogP contribution in [0.25, 0.3) is 0 Å². The zero-order valence-corrected chi connectivity index (χ0v) is 11.3. The Hall–Kier alpha value is -0.850. The van der Waals surface area contributed by atoms with Crippen molar-refractivity contribution < 1.29 is 13.5 Å². The highest BCUT2D eigenvalue weighted by Gasteiger charge is 2.25. The molecule has 0 amide bonds. The number of nitrogens with one attached hydrogen (secondary N) is 1. The molecule has 0 aromatic carbocycles.